The Morgan fingerprint density at radius 2 is 2.15 bits per heavy atom. The van der Waals surface area contributed by atoms with Gasteiger partial charge in [0.1, 0.15) is 5.65 Å². The molecule has 2 aliphatic heterocycles. The maximum absolute atomic E-state index is 12.8. The van der Waals surface area contributed by atoms with E-state index in [1.807, 2.05) is 18.3 Å². The summed E-state index contributed by atoms with van der Waals surface area (Å²) >= 11 is 0. The summed E-state index contributed by atoms with van der Waals surface area (Å²) in [6, 6.07) is 1.81. The summed E-state index contributed by atoms with van der Waals surface area (Å²) < 4.78 is 5.34. The maximum Gasteiger partial charge on any atom is 0.249 e. The van der Waals surface area contributed by atoms with Gasteiger partial charge in [0.2, 0.25) is 11.8 Å². The molecule has 0 radical (unpaired) electrons. The Bertz CT molecular complexity index is 898. The van der Waals surface area contributed by atoms with E-state index < -0.39 is 0 Å². The molecule has 0 bridgehead atoms. The first-order valence-corrected chi connectivity index (χ1v) is 9.16. The van der Waals surface area contributed by atoms with Crippen LogP contribution in [0, 0.1) is 0 Å². The van der Waals surface area contributed by atoms with Gasteiger partial charge in [0.15, 0.2) is 0 Å². The molecule has 0 aromatic carbocycles. The number of amides is 2. The molecule has 2 aromatic rings. The molecule has 0 unspecified atom stereocenters. The third kappa shape index (κ3) is 3.58. The molecule has 1 fully saturated rings. The molecule has 2 aromatic heterocycles. The monoisotopic (exact) mass is 369 g/mol. The number of hydrogen-bond donors (Lipinski definition) is 2. The van der Waals surface area contributed by atoms with Gasteiger partial charge in [-0.3, -0.25) is 14.5 Å². The normalized spacial score (nSPS) is 17.5. The molecule has 8 heteroatoms. The van der Waals surface area contributed by atoms with Crippen molar-refractivity contribution in [2.45, 2.75) is 6.92 Å². The van der Waals surface area contributed by atoms with Gasteiger partial charge in [0.05, 0.1) is 25.4 Å². The molecular formula is C19H23N5O3. The van der Waals surface area contributed by atoms with Gasteiger partial charge in [-0.15, -0.1) is 0 Å². The minimum Gasteiger partial charge on any atom is -0.379 e. The molecular weight excluding hydrogens is 346 g/mol. The quantitative estimate of drug-likeness (QED) is 0.830. The molecule has 0 aliphatic carbocycles. The van der Waals surface area contributed by atoms with Crippen molar-refractivity contribution in [2.24, 2.45) is 0 Å². The largest absolute Gasteiger partial charge is 0.379 e. The second-order valence-corrected chi connectivity index (χ2v) is 6.78. The SMILES string of the molecule is CC(=O)N1CC(C(=O)NCCN2CCOCC2)=Cc2c[nH]c3nccc1c23. The number of carbonyl (C=O) groups is 2. The van der Waals surface area contributed by atoms with Crippen LogP contribution in [-0.4, -0.2) is 72.6 Å². The van der Waals surface area contributed by atoms with Gasteiger partial charge in [-0.25, -0.2) is 4.98 Å². The van der Waals surface area contributed by atoms with E-state index in [0.29, 0.717) is 17.8 Å². The van der Waals surface area contributed by atoms with Crippen molar-refractivity contribution in [3.05, 3.63) is 29.6 Å². The number of nitrogens with zero attached hydrogens (tertiary/aromatic N) is 3. The minimum atomic E-state index is -0.148. The third-order valence-corrected chi connectivity index (χ3v) is 5.02. The molecule has 2 N–H and O–H groups in total. The Balaban J connectivity index is 1.52. The number of anilines is 1. The van der Waals surface area contributed by atoms with E-state index in [-0.39, 0.29) is 18.4 Å². The first-order valence-electron chi connectivity index (χ1n) is 9.16. The zero-order chi connectivity index (χ0) is 18.8. The molecule has 2 amide bonds. The Labute approximate surface area is 157 Å². The van der Waals surface area contributed by atoms with Crippen LogP contribution in [0.1, 0.15) is 12.5 Å². The Hall–Kier alpha value is -2.71. The first-order chi connectivity index (χ1) is 13.1. The summed E-state index contributed by atoms with van der Waals surface area (Å²) in [4.78, 5) is 36.3. The van der Waals surface area contributed by atoms with Crippen molar-refractivity contribution in [3.63, 3.8) is 0 Å². The lowest BCUT2D eigenvalue weighted by Crippen LogP contribution is -2.42. The fraction of sp³-hybridized carbons (Fsp3) is 0.421. The molecule has 8 nitrogen and oxygen atoms in total. The van der Waals surface area contributed by atoms with Crippen LogP contribution in [0.4, 0.5) is 5.69 Å². The van der Waals surface area contributed by atoms with Crippen LogP contribution in [0.5, 0.6) is 0 Å². The predicted molar refractivity (Wildman–Crippen MR) is 102 cm³/mol. The highest BCUT2D eigenvalue weighted by molar-refractivity contribution is 6.10. The standard InChI is InChI=1S/C19H23N5O3/c1-13(25)24-12-15(19(26)21-4-5-23-6-8-27-9-7-23)10-14-11-22-18-17(14)16(24)2-3-20-18/h2-3,10-11H,4-9,12H2,1H3,(H,20,22)(H,21,26). The molecule has 1 saturated heterocycles. The van der Waals surface area contributed by atoms with Gasteiger partial charge in [-0.05, 0) is 12.1 Å². The topological polar surface area (TPSA) is 90.6 Å². The van der Waals surface area contributed by atoms with E-state index in [9.17, 15) is 9.59 Å². The van der Waals surface area contributed by atoms with Crippen LogP contribution in [0.25, 0.3) is 17.1 Å². The lowest BCUT2D eigenvalue weighted by molar-refractivity contribution is -0.117. The number of aromatic nitrogens is 2. The number of rotatable bonds is 4. The number of H-pyrrole nitrogens is 1. The summed E-state index contributed by atoms with van der Waals surface area (Å²) in [5.74, 6) is -0.256. The van der Waals surface area contributed by atoms with Crippen molar-refractivity contribution < 1.29 is 14.3 Å². The molecule has 4 heterocycles. The van der Waals surface area contributed by atoms with Crippen LogP contribution < -0.4 is 10.2 Å². The average molecular weight is 369 g/mol. The van der Waals surface area contributed by atoms with Gasteiger partial charge in [0.25, 0.3) is 0 Å². The minimum absolute atomic E-state index is 0.108. The highest BCUT2D eigenvalue weighted by atomic mass is 16.5. The summed E-state index contributed by atoms with van der Waals surface area (Å²) in [6.45, 7) is 6.36. The number of morpholine rings is 1. The van der Waals surface area contributed by atoms with Crippen molar-refractivity contribution in [1.82, 2.24) is 20.2 Å². The van der Waals surface area contributed by atoms with Crippen LogP contribution in [0.3, 0.4) is 0 Å². The predicted octanol–water partition coefficient (Wildman–Crippen LogP) is 0.761. The van der Waals surface area contributed by atoms with E-state index in [0.717, 1.165) is 49.5 Å². The Kier molecular flexibility index (Phi) is 4.91. The van der Waals surface area contributed by atoms with Gasteiger partial charge in [-0.1, -0.05) is 0 Å². The van der Waals surface area contributed by atoms with Crippen LogP contribution in [0.15, 0.2) is 24.0 Å². The van der Waals surface area contributed by atoms with E-state index >= 15 is 0 Å². The zero-order valence-electron chi connectivity index (χ0n) is 15.3. The lowest BCUT2D eigenvalue weighted by atomic mass is 10.1. The number of hydrogen-bond acceptors (Lipinski definition) is 5. The van der Waals surface area contributed by atoms with E-state index in [4.69, 9.17) is 4.74 Å². The third-order valence-electron chi connectivity index (χ3n) is 5.02. The number of carbonyl (C=O) groups excluding carboxylic acids is 2. The molecule has 0 atom stereocenters. The summed E-state index contributed by atoms with van der Waals surface area (Å²) in [5.41, 5.74) is 2.91. The van der Waals surface area contributed by atoms with Crippen molar-refractivity contribution in [1.29, 1.82) is 0 Å². The van der Waals surface area contributed by atoms with Crippen molar-refractivity contribution >= 4 is 34.6 Å². The smallest absolute Gasteiger partial charge is 0.249 e. The van der Waals surface area contributed by atoms with Crippen LogP contribution >= 0.6 is 0 Å². The van der Waals surface area contributed by atoms with Gasteiger partial charge in [-0.2, -0.15) is 0 Å². The fourth-order valence-electron chi connectivity index (χ4n) is 3.58. The molecule has 2 aliphatic rings. The highest BCUT2D eigenvalue weighted by Gasteiger charge is 2.25. The van der Waals surface area contributed by atoms with Crippen LogP contribution in [-0.2, 0) is 14.3 Å². The summed E-state index contributed by atoms with van der Waals surface area (Å²) in [5, 5.41) is 3.85. The van der Waals surface area contributed by atoms with Crippen LogP contribution in [0.2, 0.25) is 0 Å². The Morgan fingerprint density at radius 3 is 2.93 bits per heavy atom. The first kappa shape index (κ1) is 17.7. The highest BCUT2D eigenvalue weighted by Crippen LogP contribution is 2.33. The van der Waals surface area contributed by atoms with E-state index in [1.165, 1.54) is 6.92 Å². The fourth-order valence-corrected chi connectivity index (χ4v) is 3.58. The average Bonchev–Trinajstić information content (AvgIpc) is 2.99. The molecule has 4 rings (SSSR count). The van der Waals surface area contributed by atoms with Crippen molar-refractivity contribution in [3.8, 4) is 0 Å². The summed E-state index contributed by atoms with van der Waals surface area (Å²) in [6.07, 6.45) is 5.34. The number of ether oxygens (including phenoxy) is 1. The molecule has 0 saturated carbocycles. The Morgan fingerprint density at radius 1 is 1.33 bits per heavy atom. The molecule has 142 valence electrons. The molecule has 0 spiro atoms. The van der Waals surface area contributed by atoms with Gasteiger partial charge < -0.3 is 19.9 Å². The van der Waals surface area contributed by atoms with Crippen molar-refractivity contribution in [2.75, 3.05) is 50.8 Å². The van der Waals surface area contributed by atoms with Gasteiger partial charge >= 0.3 is 0 Å². The number of pyridine rings is 1. The van der Waals surface area contributed by atoms with Gasteiger partial charge in [0, 0.05) is 62.0 Å². The lowest BCUT2D eigenvalue weighted by Gasteiger charge is -2.26. The second-order valence-electron chi connectivity index (χ2n) is 6.78. The van der Waals surface area contributed by atoms with E-state index in [1.54, 1.807) is 11.1 Å². The molecule has 27 heavy (non-hydrogen) atoms. The second kappa shape index (κ2) is 7.50. The van der Waals surface area contributed by atoms with E-state index in [2.05, 4.69) is 20.2 Å². The zero-order valence-corrected chi connectivity index (χ0v) is 15.3. The number of nitrogens with one attached hydrogen (secondary N) is 2. The maximum atomic E-state index is 12.8. The number of aromatic amines is 1. The summed E-state index contributed by atoms with van der Waals surface area (Å²) in [7, 11) is 0.